The zero-order chi connectivity index (χ0) is 16.2. The molecule has 4 rings (SSSR count). The molecular formula is C18H20BNO2S. The van der Waals surface area contributed by atoms with Crippen molar-refractivity contribution in [3.63, 3.8) is 0 Å². The Kier molecular flexibility index (Phi) is 3.31. The Morgan fingerprint density at radius 2 is 1.22 bits per heavy atom. The van der Waals surface area contributed by atoms with E-state index in [1.54, 1.807) is 11.8 Å². The van der Waals surface area contributed by atoms with Gasteiger partial charge in [-0.2, -0.15) is 0 Å². The molecule has 0 aliphatic carbocycles. The first-order chi connectivity index (χ1) is 10.9. The Bertz CT molecular complexity index is 701. The molecular weight excluding hydrogens is 305 g/mol. The van der Waals surface area contributed by atoms with E-state index in [1.807, 2.05) is 0 Å². The van der Waals surface area contributed by atoms with Crippen LogP contribution in [0.2, 0.25) is 0 Å². The molecule has 23 heavy (non-hydrogen) atoms. The smallest absolute Gasteiger partial charge is 0.384 e. The number of hydrogen-bond donors (Lipinski definition) is 0. The second-order valence-electron chi connectivity index (χ2n) is 6.97. The van der Waals surface area contributed by atoms with Gasteiger partial charge in [0.1, 0.15) is 0 Å². The molecule has 1 fully saturated rings. The van der Waals surface area contributed by atoms with Crippen molar-refractivity contribution in [2.45, 2.75) is 48.7 Å². The van der Waals surface area contributed by atoms with E-state index >= 15 is 0 Å². The minimum atomic E-state index is -0.428. The molecule has 0 atom stereocenters. The van der Waals surface area contributed by atoms with E-state index in [4.69, 9.17) is 9.31 Å². The molecule has 2 aliphatic heterocycles. The highest BCUT2D eigenvalue weighted by atomic mass is 32.2. The van der Waals surface area contributed by atoms with Crippen molar-refractivity contribution >= 4 is 30.4 Å². The van der Waals surface area contributed by atoms with E-state index in [0.717, 1.165) is 11.4 Å². The van der Waals surface area contributed by atoms with Gasteiger partial charge in [-0.05, 0) is 52.0 Å². The fraction of sp³-hybridized carbons (Fsp3) is 0.333. The van der Waals surface area contributed by atoms with Crippen LogP contribution in [0.3, 0.4) is 0 Å². The monoisotopic (exact) mass is 325 g/mol. The molecule has 0 unspecified atom stereocenters. The highest BCUT2D eigenvalue weighted by Crippen LogP contribution is 2.50. The third-order valence-electron chi connectivity index (χ3n) is 4.92. The van der Waals surface area contributed by atoms with Gasteiger partial charge in [0.15, 0.2) is 0 Å². The van der Waals surface area contributed by atoms with Crippen LogP contribution in [0.5, 0.6) is 0 Å². The van der Waals surface area contributed by atoms with Gasteiger partial charge in [0.05, 0.1) is 11.2 Å². The van der Waals surface area contributed by atoms with Crippen LogP contribution in [-0.4, -0.2) is 18.5 Å². The topological polar surface area (TPSA) is 21.7 Å². The molecule has 0 amide bonds. The normalized spacial score (nSPS) is 21.0. The van der Waals surface area contributed by atoms with Crippen molar-refractivity contribution in [2.75, 3.05) is 4.81 Å². The molecule has 0 N–H and O–H groups in total. The third kappa shape index (κ3) is 2.30. The highest BCUT2D eigenvalue weighted by molar-refractivity contribution is 7.99. The molecule has 0 radical (unpaired) electrons. The summed E-state index contributed by atoms with van der Waals surface area (Å²) in [6.07, 6.45) is 0. The molecule has 0 saturated carbocycles. The van der Waals surface area contributed by atoms with Crippen molar-refractivity contribution in [3.05, 3.63) is 48.5 Å². The highest BCUT2D eigenvalue weighted by Gasteiger charge is 2.55. The molecule has 0 spiro atoms. The molecule has 0 bridgehead atoms. The van der Waals surface area contributed by atoms with Gasteiger partial charge in [-0.3, -0.25) is 0 Å². The van der Waals surface area contributed by atoms with Gasteiger partial charge in [-0.15, -0.1) is 0 Å². The van der Waals surface area contributed by atoms with Gasteiger partial charge in [0.2, 0.25) is 0 Å². The number of nitrogens with zero attached hydrogens (tertiary/aromatic N) is 1. The zero-order valence-corrected chi connectivity index (χ0v) is 14.7. The average Bonchev–Trinajstić information content (AvgIpc) is 2.72. The van der Waals surface area contributed by atoms with Crippen molar-refractivity contribution in [2.24, 2.45) is 0 Å². The Morgan fingerprint density at radius 1 is 0.783 bits per heavy atom. The van der Waals surface area contributed by atoms with E-state index in [2.05, 4.69) is 81.0 Å². The standard InChI is InChI=1S/C18H20BNO2S/c1-17(2)18(3,4)22-19(21-17)20-13-9-5-7-11-15(13)23-16-12-8-6-10-14(16)20/h5-12H,1-4H3. The van der Waals surface area contributed by atoms with Crippen molar-refractivity contribution < 1.29 is 9.31 Å². The third-order valence-corrected chi connectivity index (χ3v) is 6.05. The molecule has 2 aliphatic rings. The Balaban J connectivity index is 1.83. The van der Waals surface area contributed by atoms with Gasteiger partial charge in [-0.25, -0.2) is 0 Å². The summed E-state index contributed by atoms with van der Waals surface area (Å²) in [5.74, 6) is 0. The van der Waals surface area contributed by atoms with Crippen molar-refractivity contribution in [3.8, 4) is 0 Å². The van der Waals surface area contributed by atoms with E-state index < -0.39 is 7.25 Å². The number of benzene rings is 2. The second kappa shape index (κ2) is 5.03. The summed E-state index contributed by atoms with van der Waals surface area (Å²) in [4.78, 5) is 4.62. The SMILES string of the molecule is CC1(C)OB(N2c3ccccc3Sc3ccccc32)OC1(C)C. The van der Waals surface area contributed by atoms with Gasteiger partial charge in [0, 0.05) is 21.2 Å². The first-order valence-electron chi connectivity index (χ1n) is 7.90. The largest absolute Gasteiger partial charge is 0.599 e. The maximum absolute atomic E-state index is 6.31. The van der Waals surface area contributed by atoms with E-state index in [1.165, 1.54) is 9.79 Å². The summed E-state index contributed by atoms with van der Waals surface area (Å²) >= 11 is 1.79. The molecule has 5 heteroatoms. The summed E-state index contributed by atoms with van der Waals surface area (Å²) in [5, 5.41) is 0. The average molecular weight is 325 g/mol. The van der Waals surface area contributed by atoms with E-state index in [-0.39, 0.29) is 11.2 Å². The number of fused-ring (bicyclic) bond motifs is 2. The van der Waals surface area contributed by atoms with Crippen LogP contribution in [0.4, 0.5) is 11.4 Å². The summed E-state index contributed by atoms with van der Waals surface area (Å²) in [6, 6.07) is 16.8. The first kappa shape index (κ1) is 15.1. The zero-order valence-electron chi connectivity index (χ0n) is 13.9. The van der Waals surface area contributed by atoms with Crippen LogP contribution in [0, 0.1) is 0 Å². The predicted molar refractivity (Wildman–Crippen MR) is 95.2 cm³/mol. The minimum absolute atomic E-state index is 0.355. The lowest BCUT2D eigenvalue weighted by atomic mass is 9.90. The van der Waals surface area contributed by atoms with Crippen LogP contribution in [0.25, 0.3) is 0 Å². The maximum atomic E-state index is 6.31. The summed E-state index contributed by atoms with van der Waals surface area (Å²) in [7, 11) is -0.428. The number of para-hydroxylation sites is 2. The van der Waals surface area contributed by atoms with E-state index in [9.17, 15) is 0 Å². The Hall–Kier alpha value is -1.43. The van der Waals surface area contributed by atoms with Gasteiger partial charge in [-0.1, -0.05) is 36.0 Å². The predicted octanol–water partition coefficient (Wildman–Crippen LogP) is 4.88. The Morgan fingerprint density at radius 3 is 1.70 bits per heavy atom. The molecule has 2 heterocycles. The van der Waals surface area contributed by atoms with E-state index in [0.29, 0.717) is 0 Å². The lowest BCUT2D eigenvalue weighted by Gasteiger charge is -2.34. The summed E-state index contributed by atoms with van der Waals surface area (Å²) < 4.78 is 12.6. The molecule has 1 saturated heterocycles. The molecule has 118 valence electrons. The molecule has 2 aromatic carbocycles. The maximum Gasteiger partial charge on any atom is 0.599 e. The van der Waals surface area contributed by atoms with Crippen LogP contribution in [0.1, 0.15) is 27.7 Å². The Labute approximate surface area is 142 Å². The van der Waals surface area contributed by atoms with Gasteiger partial charge >= 0.3 is 7.25 Å². The first-order valence-corrected chi connectivity index (χ1v) is 8.71. The molecule has 0 aromatic heterocycles. The molecule has 3 nitrogen and oxygen atoms in total. The van der Waals surface area contributed by atoms with Crippen LogP contribution in [0.15, 0.2) is 58.3 Å². The fourth-order valence-corrected chi connectivity index (χ4v) is 3.95. The van der Waals surface area contributed by atoms with Gasteiger partial charge < -0.3 is 14.1 Å². The molecule has 2 aromatic rings. The van der Waals surface area contributed by atoms with Crippen LogP contribution in [-0.2, 0) is 9.31 Å². The lowest BCUT2D eigenvalue weighted by molar-refractivity contribution is 0.00578. The van der Waals surface area contributed by atoms with Crippen molar-refractivity contribution in [1.29, 1.82) is 0 Å². The van der Waals surface area contributed by atoms with Crippen LogP contribution >= 0.6 is 11.8 Å². The fourth-order valence-electron chi connectivity index (χ4n) is 2.88. The summed E-state index contributed by atoms with van der Waals surface area (Å²) in [6.45, 7) is 8.35. The number of hydrogen-bond acceptors (Lipinski definition) is 4. The van der Waals surface area contributed by atoms with Crippen LogP contribution < -0.4 is 4.81 Å². The number of rotatable bonds is 1. The lowest BCUT2D eigenvalue weighted by Crippen LogP contribution is -2.41. The number of anilines is 2. The summed E-state index contributed by atoms with van der Waals surface area (Å²) in [5.41, 5.74) is 1.56. The minimum Gasteiger partial charge on any atom is -0.384 e. The van der Waals surface area contributed by atoms with Gasteiger partial charge in [0.25, 0.3) is 0 Å². The quantitative estimate of drug-likeness (QED) is 0.697. The second-order valence-corrected chi connectivity index (χ2v) is 8.05. The van der Waals surface area contributed by atoms with Crippen molar-refractivity contribution in [1.82, 2.24) is 0 Å².